The average molecular weight is 491 g/mol. The number of benzene rings is 2. The minimum atomic E-state index is -4.46. The van der Waals surface area contributed by atoms with Crippen LogP contribution in [0.15, 0.2) is 47.4 Å². The second-order valence-electron chi connectivity index (χ2n) is 8.53. The highest BCUT2D eigenvalue weighted by atomic mass is 19.4. The van der Waals surface area contributed by atoms with Crippen LogP contribution in [-0.4, -0.2) is 55.3 Å². The van der Waals surface area contributed by atoms with Gasteiger partial charge in [0.25, 0.3) is 0 Å². The summed E-state index contributed by atoms with van der Waals surface area (Å²) >= 11 is 0. The van der Waals surface area contributed by atoms with E-state index in [0.717, 1.165) is 31.3 Å². The van der Waals surface area contributed by atoms with Gasteiger partial charge in [-0.25, -0.2) is 9.18 Å². The zero-order chi connectivity index (χ0) is 25.3. The summed E-state index contributed by atoms with van der Waals surface area (Å²) in [7, 11) is 1.98. The fourth-order valence-electron chi connectivity index (χ4n) is 4.17. The van der Waals surface area contributed by atoms with Gasteiger partial charge in [0.15, 0.2) is 0 Å². The number of nitrogens with zero attached hydrogens (tertiary/aromatic N) is 3. The lowest BCUT2D eigenvalue weighted by atomic mass is 10.1. The summed E-state index contributed by atoms with van der Waals surface area (Å²) in [5.74, 6) is -1.43. The van der Waals surface area contributed by atoms with E-state index in [4.69, 9.17) is 4.74 Å². The highest BCUT2D eigenvalue weighted by molar-refractivity contribution is 5.94. The molecule has 1 aromatic heterocycles. The molecule has 0 saturated carbocycles. The van der Waals surface area contributed by atoms with E-state index in [0.29, 0.717) is 29.9 Å². The molecule has 0 aliphatic carbocycles. The fraction of sp³-hybridized carbons (Fsp3) is 0.360. The molecule has 0 amide bonds. The maximum Gasteiger partial charge on any atom is 0.416 e. The van der Waals surface area contributed by atoms with E-state index in [-0.39, 0.29) is 24.1 Å². The minimum Gasteiger partial charge on any atom is -0.462 e. The molecule has 35 heavy (non-hydrogen) atoms. The number of hydrogen-bond donors (Lipinski definition) is 0. The van der Waals surface area contributed by atoms with E-state index in [2.05, 4.69) is 4.90 Å². The molecule has 0 radical (unpaired) electrons. The van der Waals surface area contributed by atoms with Gasteiger partial charge in [-0.1, -0.05) is 12.1 Å². The summed E-state index contributed by atoms with van der Waals surface area (Å²) in [4.78, 5) is 29.5. The lowest BCUT2D eigenvalue weighted by Crippen LogP contribution is -2.44. The molecule has 1 aliphatic rings. The first-order valence-corrected chi connectivity index (χ1v) is 11.2. The van der Waals surface area contributed by atoms with Crippen molar-refractivity contribution >= 4 is 22.6 Å². The van der Waals surface area contributed by atoms with Gasteiger partial charge in [0.05, 0.1) is 23.4 Å². The quantitative estimate of drug-likeness (QED) is 0.397. The lowest BCUT2D eigenvalue weighted by molar-refractivity contribution is -0.137. The molecule has 0 spiro atoms. The van der Waals surface area contributed by atoms with Gasteiger partial charge in [0, 0.05) is 44.3 Å². The third-order valence-corrected chi connectivity index (χ3v) is 6.12. The first-order chi connectivity index (χ1) is 16.6. The monoisotopic (exact) mass is 491 g/mol. The molecule has 3 aromatic rings. The molecule has 6 nitrogen and oxygen atoms in total. The number of esters is 1. The fourth-order valence-corrected chi connectivity index (χ4v) is 4.17. The molecule has 0 bridgehead atoms. The minimum absolute atomic E-state index is 0.00200. The molecule has 1 aliphatic heterocycles. The molecular weight excluding hydrogens is 466 g/mol. The van der Waals surface area contributed by atoms with Crippen LogP contribution in [0, 0.1) is 5.82 Å². The molecule has 4 rings (SSSR count). The number of aromatic nitrogens is 1. The van der Waals surface area contributed by atoms with Crippen molar-refractivity contribution in [3.8, 4) is 0 Å². The van der Waals surface area contributed by atoms with Crippen molar-refractivity contribution in [2.24, 2.45) is 0 Å². The number of halogens is 4. The Balaban J connectivity index is 1.83. The Bertz CT molecular complexity index is 1290. The van der Waals surface area contributed by atoms with Crippen molar-refractivity contribution in [3.63, 3.8) is 0 Å². The van der Waals surface area contributed by atoms with Gasteiger partial charge in [-0.2, -0.15) is 13.2 Å². The third kappa shape index (κ3) is 5.17. The Morgan fingerprint density at radius 1 is 1.06 bits per heavy atom. The van der Waals surface area contributed by atoms with Crippen LogP contribution in [0.4, 0.5) is 23.2 Å². The normalized spacial score (nSPS) is 15.0. The van der Waals surface area contributed by atoms with Gasteiger partial charge >= 0.3 is 12.1 Å². The number of alkyl halides is 3. The van der Waals surface area contributed by atoms with Gasteiger partial charge in [-0.3, -0.25) is 4.79 Å². The van der Waals surface area contributed by atoms with Crippen LogP contribution in [0.25, 0.3) is 10.9 Å². The van der Waals surface area contributed by atoms with Crippen LogP contribution in [0.5, 0.6) is 0 Å². The van der Waals surface area contributed by atoms with Gasteiger partial charge < -0.3 is 19.1 Å². The van der Waals surface area contributed by atoms with Crippen molar-refractivity contribution in [2.75, 3.05) is 44.7 Å². The molecule has 2 heterocycles. The topological polar surface area (TPSA) is 54.8 Å². The first-order valence-electron chi connectivity index (χ1n) is 11.2. The number of ether oxygens (including phenoxy) is 1. The molecule has 0 unspecified atom stereocenters. The van der Waals surface area contributed by atoms with Gasteiger partial charge in [0.2, 0.25) is 5.43 Å². The molecule has 10 heteroatoms. The van der Waals surface area contributed by atoms with E-state index >= 15 is 4.39 Å². The summed E-state index contributed by atoms with van der Waals surface area (Å²) in [5, 5.41) is -0.00200. The zero-order valence-electron chi connectivity index (χ0n) is 19.4. The highest BCUT2D eigenvalue weighted by Crippen LogP contribution is 2.30. The Morgan fingerprint density at radius 2 is 1.71 bits per heavy atom. The number of hydrogen-bond acceptors (Lipinski definition) is 5. The van der Waals surface area contributed by atoms with Crippen LogP contribution in [0.1, 0.15) is 28.4 Å². The maximum absolute atomic E-state index is 15.2. The van der Waals surface area contributed by atoms with Gasteiger partial charge in [0.1, 0.15) is 11.4 Å². The van der Waals surface area contributed by atoms with E-state index in [1.54, 1.807) is 17.6 Å². The molecule has 1 fully saturated rings. The zero-order valence-corrected chi connectivity index (χ0v) is 19.4. The number of anilines is 1. The van der Waals surface area contributed by atoms with Gasteiger partial charge in [-0.15, -0.1) is 0 Å². The summed E-state index contributed by atoms with van der Waals surface area (Å²) in [5.41, 5.74) is -0.488. The molecule has 186 valence electrons. The lowest BCUT2D eigenvalue weighted by Gasteiger charge is -2.34. The van der Waals surface area contributed by atoms with E-state index in [9.17, 15) is 22.8 Å². The predicted molar refractivity (Wildman–Crippen MR) is 124 cm³/mol. The smallest absolute Gasteiger partial charge is 0.416 e. The first kappa shape index (κ1) is 24.7. The van der Waals surface area contributed by atoms with Crippen LogP contribution in [-0.2, 0) is 17.5 Å². The van der Waals surface area contributed by atoms with Crippen LogP contribution in [0.3, 0.4) is 0 Å². The number of rotatable bonds is 5. The van der Waals surface area contributed by atoms with Crippen molar-refractivity contribution in [3.05, 3.63) is 75.3 Å². The third-order valence-electron chi connectivity index (χ3n) is 6.12. The Kier molecular flexibility index (Phi) is 6.84. The molecule has 2 aromatic carbocycles. The largest absolute Gasteiger partial charge is 0.462 e. The molecular formula is C25H25F4N3O3. The predicted octanol–water partition coefficient (Wildman–Crippen LogP) is 4.14. The summed E-state index contributed by atoms with van der Waals surface area (Å²) in [6, 6.07) is 7.31. The van der Waals surface area contributed by atoms with E-state index in [1.165, 1.54) is 18.3 Å². The second kappa shape index (κ2) is 9.69. The van der Waals surface area contributed by atoms with Crippen LogP contribution < -0.4 is 10.3 Å². The van der Waals surface area contributed by atoms with E-state index < -0.39 is 29.0 Å². The Hall–Kier alpha value is -3.40. The number of pyridine rings is 1. The number of likely N-dealkylation sites (N-methyl/N-ethyl adjacent to an activating group) is 1. The van der Waals surface area contributed by atoms with E-state index in [1.807, 2.05) is 11.9 Å². The van der Waals surface area contributed by atoms with Crippen molar-refractivity contribution in [1.82, 2.24) is 9.47 Å². The van der Waals surface area contributed by atoms with Crippen molar-refractivity contribution in [1.29, 1.82) is 0 Å². The maximum atomic E-state index is 15.2. The summed E-state index contributed by atoms with van der Waals surface area (Å²) in [6.07, 6.45) is -3.14. The highest BCUT2D eigenvalue weighted by Gasteiger charge is 2.30. The molecule has 0 N–H and O–H groups in total. The number of carbonyl (C=O) groups excluding carboxylic acids is 1. The standard InChI is InChI=1S/C25H25F4N3O3/c1-3-35-24(34)19-15-32(14-16-4-6-17(7-5-16)25(27,28)29)21-13-22(20(26)12-18(21)23(19)33)31-10-8-30(2)9-11-31/h4-7,12-13,15H,3,8-11,14H2,1-2H3. The average Bonchev–Trinajstić information content (AvgIpc) is 2.81. The number of carbonyl (C=O) groups is 1. The second-order valence-corrected chi connectivity index (χ2v) is 8.53. The summed E-state index contributed by atoms with van der Waals surface area (Å²) in [6.45, 7) is 4.41. The van der Waals surface area contributed by atoms with Gasteiger partial charge in [-0.05, 0) is 43.8 Å². The van der Waals surface area contributed by atoms with Crippen LogP contribution >= 0.6 is 0 Å². The molecule has 0 atom stereocenters. The number of piperazine rings is 1. The Labute approximate surface area is 199 Å². The van der Waals surface area contributed by atoms with Crippen molar-refractivity contribution in [2.45, 2.75) is 19.6 Å². The molecule has 1 saturated heterocycles. The number of fused-ring (bicyclic) bond motifs is 1. The van der Waals surface area contributed by atoms with Crippen LogP contribution in [0.2, 0.25) is 0 Å². The van der Waals surface area contributed by atoms with Crippen molar-refractivity contribution < 1.29 is 27.1 Å². The SMILES string of the molecule is CCOC(=O)c1cn(Cc2ccc(C(F)(F)F)cc2)c2cc(N3CCN(C)CC3)c(F)cc2c1=O. The summed E-state index contributed by atoms with van der Waals surface area (Å²) < 4.78 is 60.6. The Morgan fingerprint density at radius 3 is 2.31 bits per heavy atom.